The number of nitrogen functional groups attached to an aromatic ring is 1. The highest BCUT2D eigenvalue weighted by Crippen LogP contribution is 2.36. The summed E-state index contributed by atoms with van der Waals surface area (Å²) >= 11 is 0. The minimum absolute atomic E-state index is 0.0316. The monoisotopic (exact) mass is 417 g/mol. The molecule has 0 aliphatic carbocycles. The second kappa shape index (κ2) is 6.94. The Morgan fingerprint density at radius 3 is 2.03 bits per heavy atom. The first-order valence-electron chi connectivity index (χ1n) is 8.04. The number of tetrazole rings is 1. The average Bonchev–Trinajstić information content (AvgIpc) is 2.97. The van der Waals surface area contributed by atoms with Crippen LogP contribution in [-0.4, -0.2) is 19.8 Å². The second-order valence-electron chi connectivity index (χ2n) is 6.29. The van der Waals surface area contributed by atoms with Crippen molar-refractivity contribution in [1.82, 2.24) is 19.8 Å². The first-order chi connectivity index (χ1) is 13.4. The van der Waals surface area contributed by atoms with E-state index >= 15 is 0 Å². The van der Waals surface area contributed by atoms with Crippen LogP contribution in [-0.2, 0) is 18.9 Å². The Balaban J connectivity index is 2.05. The van der Waals surface area contributed by atoms with Gasteiger partial charge >= 0.3 is 18.0 Å². The number of hydrogen-bond donors (Lipinski definition) is 1. The van der Waals surface area contributed by atoms with Crippen LogP contribution < -0.4 is 11.4 Å². The van der Waals surface area contributed by atoms with E-state index in [4.69, 9.17) is 5.73 Å². The van der Waals surface area contributed by atoms with Crippen LogP contribution >= 0.6 is 0 Å². The zero-order chi connectivity index (χ0) is 21.6. The van der Waals surface area contributed by atoms with Crippen LogP contribution in [0.25, 0.3) is 5.69 Å². The van der Waals surface area contributed by atoms with Crippen molar-refractivity contribution >= 4 is 5.69 Å². The van der Waals surface area contributed by atoms with Gasteiger partial charge < -0.3 is 5.73 Å². The van der Waals surface area contributed by atoms with Crippen LogP contribution in [0.15, 0.2) is 41.2 Å². The molecule has 0 saturated heterocycles. The number of halogens is 6. The molecule has 154 valence electrons. The molecule has 0 aliphatic heterocycles. The third-order valence-electron chi connectivity index (χ3n) is 4.12. The van der Waals surface area contributed by atoms with Crippen molar-refractivity contribution in [3.8, 4) is 5.69 Å². The summed E-state index contributed by atoms with van der Waals surface area (Å²) in [5, 5.41) is 6.97. The zero-order valence-corrected chi connectivity index (χ0v) is 14.7. The Labute approximate surface area is 159 Å². The summed E-state index contributed by atoms with van der Waals surface area (Å²) in [7, 11) is 0. The molecule has 0 spiro atoms. The van der Waals surface area contributed by atoms with Crippen LogP contribution in [0.1, 0.15) is 22.3 Å². The van der Waals surface area contributed by atoms with Crippen molar-refractivity contribution in [1.29, 1.82) is 0 Å². The summed E-state index contributed by atoms with van der Waals surface area (Å²) in [6.07, 6.45) is -10.1. The van der Waals surface area contributed by atoms with Gasteiger partial charge in [-0.15, -0.1) is 0 Å². The van der Waals surface area contributed by atoms with Gasteiger partial charge in [0.2, 0.25) is 0 Å². The van der Waals surface area contributed by atoms with Crippen LogP contribution in [0.3, 0.4) is 0 Å². The summed E-state index contributed by atoms with van der Waals surface area (Å²) in [5.74, 6) is 0. The second-order valence-corrected chi connectivity index (χ2v) is 6.29. The number of nitrogens with two attached hydrogens (primary N) is 1. The van der Waals surface area contributed by atoms with E-state index in [0.717, 1.165) is 10.2 Å². The van der Waals surface area contributed by atoms with Crippen molar-refractivity contribution in [3.05, 3.63) is 69.1 Å². The number of aryl methyl sites for hydroxylation is 1. The number of anilines is 1. The molecule has 0 amide bonds. The Kier molecular flexibility index (Phi) is 4.89. The summed E-state index contributed by atoms with van der Waals surface area (Å²) in [5.41, 5.74) is 2.76. The normalized spacial score (nSPS) is 12.4. The minimum Gasteiger partial charge on any atom is -0.399 e. The predicted molar refractivity (Wildman–Crippen MR) is 90.3 cm³/mol. The molecule has 0 saturated carbocycles. The number of aromatic nitrogens is 4. The minimum atomic E-state index is -5.04. The van der Waals surface area contributed by atoms with Crippen molar-refractivity contribution < 1.29 is 26.3 Å². The molecule has 12 heteroatoms. The lowest BCUT2D eigenvalue weighted by Gasteiger charge is -2.13. The van der Waals surface area contributed by atoms with E-state index in [-0.39, 0.29) is 12.6 Å². The van der Waals surface area contributed by atoms with Gasteiger partial charge in [-0.2, -0.15) is 35.7 Å². The van der Waals surface area contributed by atoms with Crippen LogP contribution in [0.4, 0.5) is 32.0 Å². The molecule has 0 radical (unpaired) electrons. The van der Waals surface area contributed by atoms with Crippen molar-refractivity contribution in [2.24, 2.45) is 0 Å². The lowest BCUT2D eigenvalue weighted by Crippen LogP contribution is -2.25. The first kappa shape index (κ1) is 20.4. The molecule has 2 N–H and O–H groups in total. The third kappa shape index (κ3) is 4.25. The third-order valence-corrected chi connectivity index (χ3v) is 4.12. The van der Waals surface area contributed by atoms with E-state index in [2.05, 4.69) is 10.4 Å². The number of benzene rings is 2. The molecule has 2 aromatic carbocycles. The lowest BCUT2D eigenvalue weighted by molar-refractivity contribution is -0.143. The highest BCUT2D eigenvalue weighted by Gasteiger charge is 2.37. The molecule has 29 heavy (non-hydrogen) atoms. The molecule has 1 heterocycles. The van der Waals surface area contributed by atoms with Crippen molar-refractivity contribution in [2.75, 3.05) is 5.73 Å². The number of nitrogens with zero attached hydrogens (tertiary/aromatic N) is 4. The maximum Gasteiger partial charge on any atom is 0.416 e. The van der Waals surface area contributed by atoms with Crippen molar-refractivity contribution in [2.45, 2.75) is 25.8 Å². The van der Waals surface area contributed by atoms with E-state index in [1.165, 1.54) is 0 Å². The Morgan fingerprint density at radius 1 is 0.931 bits per heavy atom. The molecule has 3 aromatic rings. The molecule has 0 bridgehead atoms. The van der Waals surface area contributed by atoms with Gasteiger partial charge in [-0.25, -0.2) is 4.79 Å². The van der Waals surface area contributed by atoms with Crippen LogP contribution in [0.5, 0.6) is 0 Å². The first-order valence-corrected chi connectivity index (χ1v) is 8.04. The van der Waals surface area contributed by atoms with Crippen LogP contribution in [0.2, 0.25) is 0 Å². The molecule has 1 aromatic heterocycles. The van der Waals surface area contributed by atoms with Gasteiger partial charge in [0.25, 0.3) is 0 Å². The molecular formula is C17H13F6N5O. The molecule has 0 atom stereocenters. The zero-order valence-electron chi connectivity index (χ0n) is 14.7. The fourth-order valence-electron chi connectivity index (χ4n) is 2.61. The van der Waals surface area contributed by atoms with E-state index in [0.29, 0.717) is 28.1 Å². The number of hydrogen-bond acceptors (Lipinski definition) is 4. The molecule has 0 unspecified atom stereocenters. The smallest absolute Gasteiger partial charge is 0.399 e. The Bertz CT molecular complexity index is 1080. The number of alkyl halides is 6. The SMILES string of the molecule is Cc1cc(Cn2nnn(-c3cc(C(F)(F)F)cc(C(F)(F)F)c3)c2=O)ccc1N. The van der Waals surface area contributed by atoms with E-state index in [1.54, 1.807) is 25.1 Å². The maximum absolute atomic E-state index is 13.0. The quantitative estimate of drug-likeness (QED) is 0.523. The largest absolute Gasteiger partial charge is 0.416 e. The highest BCUT2D eigenvalue weighted by molar-refractivity contribution is 5.47. The molecule has 6 nitrogen and oxygen atoms in total. The molecule has 0 fully saturated rings. The van der Waals surface area contributed by atoms with Gasteiger partial charge in [0.15, 0.2) is 0 Å². The fourth-order valence-corrected chi connectivity index (χ4v) is 2.61. The van der Waals surface area contributed by atoms with E-state index in [9.17, 15) is 31.1 Å². The summed E-state index contributed by atoms with van der Waals surface area (Å²) in [6, 6.07) is 5.66. The van der Waals surface area contributed by atoms with Gasteiger partial charge in [-0.05, 0) is 52.7 Å². The molecule has 0 aliphatic rings. The Morgan fingerprint density at radius 2 is 1.52 bits per heavy atom. The van der Waals surface area contributed by atoms with Gasteiger partial charge in [-0.1, -0.05) is 12.1 Å². The van der Waals surface area contributed by atoms with Crippen LogP contribution in [0, 0.1) is 6.92 Å². The fraction of sp³-hybridized carbons (Fsp3) is 0.235. The maximum atomic E-state index is 13.0. The van der Waals surface area contributed by atoms with Crippen molar-refractivity contribution in [3.63, 3.8) is 0 Å². The van der Waals surface area contributed by atoms with Gasteiger partial charge in [-0.3, -0.25) is 0 Å². The summed E-state index contributed by atoms with van der Waals surface area (Å²) < 4.78 is 79.3. The standard InChI is InChI=1S/C17H13F6N5O/c1-9-4-10(2-3-14(9)24)8-27-15(29)28(26-25-27)13-6-11(16(18,19)20)5-12(7-13)17(21,22)23/h2-7H,8,24H2,1H3. The lowest BCUT2D eigenvalue weighted by atomic mass is 10.1. The summed E-state index contributed by atoms with van der Waals surface area (Å²) in [6.45, 7) is 1.64. The van der Waals surface area contributed by atoms with Gasteiger partial charge in [0, 0.05) is 5.69 Å². The summed E-state index contributed by atoms with van der Waals surface area (Å²) in [4.78, 5) is 12.5. The predicted octanol–water partition coefficient (Wildman–Crippen LogP) is 3.41. The average molecular weight is 417 g/mol. The molecular weight excluding hydrogens is 404 g/mol. The number of rotatable bonds is 3. The topological polar surface area (TPSA) is 78.7 Å². The molecule has 3 rings (SSSR count). The highest BCUT2D eigenvalue weighted by atomic mass is 19.4. The van der Waals surface area contributed by atoms with Gasteiger partial charge in [0.05, 0.1) is 23.4 Å². The van der Waals surface area contributed by atoms with Gasteiger partial charge in [0.1, 0.15) is 0 Å². The van der Waals surface area contributed by atoms with E-state index < -0.39 is 34.9 Å². The van der Waals surface area contributed by atoms with E-state index in [1.807, 2.05) is 0 Å². The Hall–Kier alpha value is -3.31.